The summed E-state index contributed by atoms with van der Waals surface area (Å²) in [6.45, 7) is 5.88. The van der Waals surface area contributed by atoms with Crippen LogP contribution in [0.25, 0.3) is 0 Å². The van der Waals surface area contributed by atoms with Gasteiger partial charge in [-0.05, 0) is 26.2 Å². The van der Waals surface area contributed by atoms with E-state index in [1.165, 1.54) is 25.7 Å². The van der Waals surface area contributed by atoms with Gasteiger partial charge < -0.3 is 9.47 Å². The van der Waals surface area contributed by atoms with Crippen molar-refractivity contribution in [1.29, 1.82) is 0 Å². The largest absolute Gasteiger partial charge is 0.381 e. The first-order chi connectivity index (χ1) is 9.87. The van der Waals surface area contributed by atoms with E-state index in [1.54, 1.807) is 0 Å². The Labute approximate surface area is 134 Å². The Hall–Kier alpha value is 0.160. The minimum Gasteiger partial charge on any atom is -0.381 e. The van der Waals surface area contributed by atoms with Gasteiger partial charge in [0.1, 0.15) is 0 Å². The third-order valence-corrected chi connectivity index (χ3v) is 5.45. The maximum absolute atomic E-state index is 11.5. The number of unbranched alkanes of at least 4 members (excludes halogenated alkanes) is 3. The molecule has 0 N–H and O–H groups in total. The Kier molecular flexibility index (Phi) is 8.54. The molecule has 0 aliphatic carbocycles. The average molecular weight is 341 g/mol. The van der Waals surface area contributed by atoms with Gasteiger partial charge in [0.25, 0.3) is 0 Å². The van der Waals surface area contributed by atoms with E-state index in [-0.39, 0.29) is 17.3 Å². The van der Waals surface area contributed by atoms with Crippen LogP contribution in [0.2, 0.25) is 0 Å². The Balaban J connectivity index is 2.42. The summed E-state index contributed by atoms with van der Waals surface area (Å²) >= 11 is 0. The van der Waals surface area contributed by atoms with E-state index in [9.17, 15) is 8.42 Å². The van der Waals surface area contributed by atoms with Crippen LogP contribution in [0.1, 0.15) is 58.8 Å². The lowest BCUT2D eigenvalue weighted by molar-refractivity contribution is -0.0505. The van der Waals surface area contributed by atoms with Crippen molar-refractivity contribution < 1.29 is 17.9 Å². The predicted octanol–water partition coefficient (Wildman–Crippen LogP) is 3.73. The molecule has 0 bridgehead atoms. The molecule has 1 aliphatic heterocycles. The fourth-order valence-corrected chi connectivity index (χ4v) is 4.56. The Bertz CT molecular complexity index is 377. The molecule has 1 fully saturated rings. The summed E-state index contributed by atoms with van der Waals surface area (Å²) in [5, 5.41) is 0. The summed E-state index contributed by atoms with van der Waals surface area (Å²) in [5.41, 5.74) is -0.378. The first-order valence-electron chi connectivity index (χ1n) is 7.98. The molecule has 0 amide bonds. The minimum atomic E-state index is -3.52. The van der Waals surface area contributed by atoms with Gasteiger partial charge in [-0.25, -0.2) is 8.42 Å². The summed E-state index contributed by atoms with van der Waals surface area (Å²) < 4.78 is 34.2. The molecule has 1 saturated heterocycles. The van der Waals surface area contributed by atoms with Gasteiger partial charge in [0.05, 0.1) is 18.5 Å². The van der Waals surface area contributed by atoms with Crippen molar-refractivity contribution in [1.82, 2.24) is 0 Å². The summed E-state index contributed by atoms with van der Waals surface area (Å²) in [6, 6.07) is 0. The number of hydrogen-bond acceptors (Lipinski definition) is 4. The molecule has 0 aromatic rings. The van der Waals surface area contributed by atoms with Crippen molar-refractivity contribution in [3.05, 3.63) is 0 Å². The molecule has 1 unspecified atom stereocenters. The van der Waals surface area contributed by atoms with Crippen molar-refractivity contribution in [2.24, 2.45) is 5.41 Å². The molecule has 0 spiro atoms. The highest BCUT2D eigenvalue weighted by atomic mass is 35.7. The SMILES string of the molecule is CCCCCCC(C)OCC1(CS(=O)(=O)Cl)CCOCC1. The molecule has 0 radical (unpaired) electrons. The number of ether oxygens (including phenoxy) is 2. The van der Waals surface area contributed by atoms with E-state index in [2.05, 4.69) is 13.8 Å². The van der Waals surface area contributed by atoms with Gasteiger partial charge in [-0.2, -0.15) is 0 Å². The topological polar surface area (TPSA) is 52.6 Å². The van der Waals surface area contributed by atoms with Gasteiger partial charge >= 0.3 is 0 Å². The van der Waals surface area contributed by atoms with Crippen LogP contribution in [-0.2, 0) is 18.5 Å². The molecule has 1 heterocycles. The van der Waals surface area contributed by atoms with E-state index in [0.29, 0.717) is 32.7 Å². The second-order valence-corrected chi connectivity index (χ2v) is 9.04. The van der Waals surface area contributed by atoms with E-state index in [4.69, 9.17) is 20.2 Å². The summed E-state index contributed by atoms with van der Waals surface area (Å²) in [5.74, 6) is -0.0204. The summed E-state index contributed by atoms with van der Waals surface area (Å²) in [7, 11) is 1.95. The maximum atomic E-state index is 11.5. The zero-order chi connectivity index (χ0) is 15.8. The van der Waals surface area contributed by atoms with Crippen molar-refractivity contribution >= 4 is 19.7 Å². The van der Waals surface area contributed by atoms with E-state index in [0.717, 1.165) is 6.42 Å². The normalized spacial score (nSPS) is 20.3. The molecule has 0 aromatic carbocycles. The second kappa shape index (κ2) is 9.33. The van der Waals surface area contributed by atoms with Gasteiger partial charge in [0.2, 0.25) is 9.05 Å². The average Bonchev–Trinajstić information content (AvgIpc) is 2.41. The smallest absolute Gasteiger partial charge is 0.233 e. The monoisotopic (exact) mass is 340 g/mol. The Morgan fingerprint density at radius 3 is 2.48 bits per heavy atom. The molecule has 21 heavy (non-hydrogen) atoms. The molecule has 126 valence electrons. The predicted molar refractivity (Wildman–Crippen MR) is 86.3 cm³/mol. The van der Waals surface area contributed by atoms with Crippen molar-refractivity contribution in [3.8, 4) is 0 Å². The molecule has 0 saturated carbocycles. The van der Waals surface area contributed by atoms with Crippen LogP contribution in [0.3, 0.4) is 0 Å². The lowest BCUT2D eigenvalue weighted by atomic mass is 9.83. The standard InChI is InChI=1S/C15H29ClO4S/c1-3-4-5-6-7-14(2)20-12-15(13-21(16,17)18)8-10-19-11-9-15/h14H,3-13H2,1-2H3. The third kappa shape index (κ3) is 8.38. The first kappa shape index (κ1) is 19.2. The van der Waals surface area contributed by atoms with E-state index < -0.39 is 9.05 Å². The van der Waals surface area contributed by atoms with Crippen molar-refractivity contribution in [3.63, 3.8) is 0 Å². The minimum absolute atomic E-state index is 0.0204. The lowest BCUT2D eigenvalue weighted by Crippen LogP contribution is -2.40. The quantitative estimate of drug-likeness (QED) is 0.449. The van der Waals surface area contributed by atoms with Gasteiger partial charge in [-0.15, -0.1) is 0 Å². The van der Waals surface area contributed by atoms with Crippen LogP contribution in [0.4, 0.5) is 0 Å². The fraction of sp³-hybridized carbons (Fsp3) is 1.00. The number of halogens is 1. The van der Waals surface area contributed by atoms with Crippen LogP contribution in [0.15, 0.2) is 0 Å². The van der Waals surface area contributed by atoms with Gasteiger partial charge in [-0.3, -0.25) is 0 Å². The van der Waals surface area contributed by atoms with Crippen LogP contribution in [-0.4, -0.2) is 40.1 Å². The molecular formula is C15H29ClO4S. The van der Waals surface area contributed by atoms with Gasteiger partial charge in [0.15, 0.2) is 0 Å². The molecule has 1 atom stereocenters. The molecule has 4 nitrogen and oxygen atoms in total. The molecular weight excluding hydrogens is 312 g/mol. The zero-order valence-corrected chi connectivity index (χ0v) is 14.8. The maximum Gasteiger partial charge on any atom is 0.233 e. The highest BCUT2D eigenvalue weighted by molar-refractivity contribution is 8.13. The summed E-state index contributed by atoms with van der Waals surface area (Å²) in [6.07, 6.45) is 7.48. The molecule has 0 aromatic heterocycles. The van der Waals surface area contributed by atoms with E-state index in [1.807, 2.05) is 0 Å². The van der Waals surface area contributed by atoms with Crippen LogP contribution < -0.4 is 0 Å². The van der Waals surface area contributed by atoms with Gasteiger partial charge in [0, 0.05) is 29.3 Å². The fourth-order valence-electron chi connectivity index (χ4n) is 2.76. The Morgan fingerprint density at radius 2 is 1.90 bits per heavy atom. The third-order valence-electron chi connectivity index (χ3n) is 4.17. The number of hydrogen-bond donors (Lipinski definition) is 0. The lowest BCUT2D eigenvalue weighted by Gasteiger charge is -2.36. The highest BCUT2D eigenvalue weighted by Crippen LogP contribution is 2.34. The molecule has 1 aliphatic rings. The van der Waals surface area contributed by atoms with Crippen molar-refractivity contribution in [2.45, 2.75) is 64.9 Å². The zero-order valence-electron chi connectivity index (χ0n) is 13.3. The summed E-state index contributed by atoms with van der Waals surface area (Å²) in [4.78, 5) is 0. The Morgan fingerprint density at radius 1 is 1.24 bits per heavy atom. The molecule has 6 heteroatoms. The van der Waals surface area contributed by atoms with Crippen molar-refractivity contribution in [2.75, 3.05) is 25.6 Å². The van der Waals surface area contributed by atoms with E-state index >= 15 is 0 Å². The highest BCUT2D eigenvalue weighted by Gasteiger charge is 2.37. The molecule has 1 rings (SSSR count). The second-order valence-electron chi connectivity index (χ2n) is 6.27. The number of rotatable bonds is 10. The van der Waals surface area contributed by atoms with Crippen LogP contribution in [0.5, 0.6) is 0 Å². The first-order valence-corrected chi connectivity index (χ1v) is 10.5. The van der Waals surface area contributed by atoms with Crippen LogP contribution >= 0.6 is 10.7 Å². The van der Waals surface area contributed by atoms with Crippen LogP contribution in [0, 0.1) is 5.41 Å². The van der Waals surface area contributed by atoms with Gasteiger partial charge in [-0.1, -0.05) is 32.6 Å².